The average molecular weight is 278 g/mol. The van der Waals surface area contributed by atoms with Gasteiger partial charge in [-0.3, -0.25) is 4.79 Å². The molecule has 0 spiro atoms. The van der Waals surface area contributed by atoms with Crippen LogP contribution < -0.4 is 15.8 Å². The molecule has 0 aliphatic heterocycles. The number of nitrogens with two attached hydrogens (primary N) is 1. The number of benzene rings is 1. The summed E-state index contributed by atoms with van der Waals surface area (Å²) in [6, 6.07) is 4.14. The van der Waals surface area contributed by atoms with Gasteiger partial charge in [-0.15, -0.1) is 0 Å². The van der Waals surface area contributed by atoms with Crippen LogP contribution in [0.25, 0.3) is 0 Å². The lowest BCUT2D eigenvalue weighted by Crippen LogP contribution is -2.39. The number of ether oxygens (including phenoxy) is 1. The number of rotatable bonds is 6. The Bertz CT molecular complexity index is 447. The van der Waals surface area contributed by atoms with E-state index in [0.717, 1.165) is 22.4 Å². The second-order valence-electron chi connectivity index (χ2n) is 5.65. The molecule has 112 valence electrons. The van der Waals surface area contributed by atoms with Gasteiger partial charge in [0.15, 0.2) is 6.61 Å². The van der Waals surface area contributed by atoms with Crippen molar-refractivity contribution < 1.29 is 9.53 Å². The van der Waals surface area contributed by atoms with Crippen molar-refractivity contribution in [3.8, 4) is 5.75 Å². The Morgan fingerprint density at radius 2 is 1.80 bits per heavy atom. The van der Waals surface area contributed by atoms with Gasteiger partial charge in [0.1, 0.15) is 5.75 Å². The van der Waals surface area contributed by atoms with Crippen LogP contribution in [0.4, 0.5) is 0 Å². The molecule has 0 bridgehead atoms. The SMILES string of the molecule is Cc1cc(CN)cc(C)c1OCC(=O)NC(C)C(C)C. The first-order chi connectivity index (χ1) is 9.35. The smallest absolute Gasteiger partial charge is 0.258 e. The van der Waals surface area contributed by atoms with Crippen LogP contribution in [0.2, 0.25) is 0 Å². The molecule has 0 saturated carbocycles. The number of aryl methyl sites for hydroxylation is 2. The Morgan fingerprint density at radius 3 is 2.25 bits per heavy atom. The van der Waals surface area contributed by atoms with Gasteiger partial charge in [0.05, 0.1) is 0 Å². The molecule has 1 atom stereocenters. The third kappa shape index (κ3) is 4.53. The quantitative estimate of drug-likeness (QED) is 0.839. The summed E-state index contributed by atoms with van der Waals surface area (Å²) in [6.45, 7) is 10.6. The summed E-state index contributed by atoms with van der Waals surface area (Å²) in [5.41, 5.74) is 8.73. The maximum Gasteiger partial charge on any atom is 0.258 e. The van der Waals surface area contributed by atoms with E-state index in [1.807, 2.05) is 32.9 Å². The zero-order valence-electron chi connectivity index (χ0n) is 13.1. The maximum absolute atomic E-state index is 11.8. The van der Waals surface area contributed by atoms with Gasteiger partial charge in [-0.05, 0) is 43.4 Å². The number of nitrogens with one attached hydrogen (secondary N) is 1. The molecular weight excluding hydrogens is 252 g/mol. The van der Waals surface area contributed by atoms with Gasteiger partial charge in [0.25, 0.3) is 5.91 Å². The van der Waals surface area contributed by atoms with E-state index in [4.69, 9.17) is 10.5 Å². The van der Waals surface area contributed by atoms with E-state index in [2.05, 4.69) is 19.2 Å². The zero-order valence-corrected chi connectivity index (χ0v) is 13.1. The van der Waals surface area contributed by atoms with Crippen molar-refractivity contribution in [3.05, 3.63) is 28.8 Å². The monoisotopic (exact) mass is 278 g/mol. The van der Waals surface area contributed by atoms with Crippen molar-refractivity contribution in [1.29, 1.82) is 0 Å². The van der Waals surface area contributed by atoms with E-state index in [9.17, 15) is 4.79 Å². The number of amides is 1. The zero-order chi connectivity index (χ0) is 15.3. The van der Waals surface area contributed by atoms with Gasteiger partial charge in [0.2, 0.25) is 0 Å². The lowest BCUT2D eigenvalue weighted by Gasteiger charge is -2.18. The standard InChI is InChI=1S/C16H26N2O2/c1-10(2)13(5)18-15(19)9-20-16-11(3)6-14(8-17)7-12(16)4/h6-7,10,13H,8-9,17H2,1-5H3,(H,18,19). The summed E-state index contributed by atoms with van der Waals surface area (Å²) in [4.78, 5) is 11.8. The summed E-state index contributed by atoms with van der Waals surface area (Å²) in [5.74, 6) is 1.09. The van der Waals surface area contributed by atoms with Gasteiger partial charge in [0, 0.05) is 12.6 Å². The van der Waals surface area contributed by atoms with Crippen molar-refractivity contribution in [1.82, 2.24) is 5.32 Å². The normalized spacial score (nSPS) is 12.3. The van der Waals surface area contributed by atoms with E-state index in [1.165, 1.54) is 0 Å². The molecule has 1 amide bonds. The fraction of sp³-hybridized carbons (Fsp3) is 0.562. The van der Waals surface area contributed by atoms with Crippen LogP contribution in [0.5, 0.6) is 5.75 Å². The predicted octanol–water partition coefficient (Wildman–Crippen LogP) is 2.30. The molecule has 1 aromatic carbocycles. The lowest BCUT2D eigenvalue weighted by molar-refractivity contribution is -0.124. The molecule has 0 saturated heterocycles. The molecule has 1 aromatic rings. The minimum absolute atomic E-state index is 0.0424. The van der Waals surface area contributed by atoms with E-state index in [1.54, 1.807) is 0 Å². The molecule has 1 rings (SSSR count). The number of carbonyl (C=O) groups excluding carboxylic acids is 1. The van der Waals surface area contributed by atoms with Crippen molar-refractivity contribution in [2.75, 3.05) is 6.61 Å². The fourth-order valence-corrected chi connectivity index (χ4v) is 1.99. The highest BCUT2D eigenvalue weighted by atomic mass is 16.5. The Kier molecular flexibility index (Phi) is 6.02. The van der Waals surface area contributed by atoms with E-state index in [0.29, 0.717) is 12.5 Å². The largest absolute Gasteiger partial charge is 0.483 e. The molecule has 0 heterocycles. The molecule has 0 aliphatic carbocycles. The molecular formula is C16H26N2O2. The molecule has 1 unspecified atom stereocenters. The molecule has 0 fully saturated rings. The molecule has 4 heteroatoms. The van der Waals surface area contributed by atoms with Crippen molar-refractivity contribution in [3.63, 3.8) is 0 Å². The number of hydrogen-bond acceptors (Lipinski definition) is 3. The van der Waals surface area contributed by atoms with Crippen LogP contribution in [0.15, 0.2) is 12.1 Å². The van der Waals surface area contributed by atoms with Crippen LogP contribution >= 0.6 is 0 Å². The van der Waals surface area contributed by atoms with E-state index < -0.39 is 0 Å². The van der Waals surface area contributed by atoms with Crippen LogP contribution in [0, 0.1) is 19.8 Å². The van der Waals surface area contributed by atoms with Gasteiger partial charge >= 0.3 is 0 Å². The first-order valence-electron chi connectivity index (χ1n) is 7.07. The Morgan fingerprint density at radius 1 is 1.25 bits per heavy atom. The van der Waals surface area contributed by atoms with Crippen LogP contribution in [-0.4, -0.2) is 18.6 Å². The topological polar surface area (TPSA) is 64.3 Å². The molecule has 3 N–H and O–H groups in total. The molecule has 0 aliphatic rings. The van der Waals surface area contributed by atoms with Gasteiger partial charge in [-0.25, -0.2) is 0 Å². The van der Waals surface area contributed by atoms with Crippen LogP contribution in [0.1, 0.15) is 37.5 Å². The molecule has 20 heavy (non-hydrogen) atoms. The highest BCUT2D eigenvalue weighted by Gasteiger charge is 2.12. The third-order valence-electron chi connectivity index (χ3n) is 3.49. The van der Waals surface area contributed by atoms with Crippen LogP contribution in [-0.2, 0) is 11.3 Å². The first-order valence-corrected chi connectivity index (χ1v) is 7.07. The Balaban J connectivity index is 2.64. The summed E-state index contributed by atoms with van der Waals surface area (Å²) >= 11 is 0. The highest BCUT2D eigenvalue weighted by molar-refractivity contribution is 5.77. The van der Waals surface area contributed by atoms with E-state index >= 15 is 0 Å². The fourth-order valence-electron chi connectivity index (χ4n) is 1.99. The van der Waals surface area contributed by atoms with Crippen molar-refractivity contribution >= 4 is 5.91 Å². The predicted molar refractivity (Wildman–Crippen MR) is 81.7 cm³/mol. The van der Waals surface area contributed by atoms with Gasteiger partial charge in [-0.1, -0.05) is 26.0 Å². The van der Waals surface area contributed by atoms with Crippen molar-refractivity contribution in [2.24, 2.45) is 11.7 Å². The van der Waals surface area contributed by atoms with Gasteiger partial charge < -0.3 is 15.8 Å². The summed E-state index contributed by atoms with van der Waals surface area (Å²) < 4.78 is 5.66. The Labute approximate surface area is 121 Å². The third-order valence-corrected chi connectivity index (χ3v) is 3.49. The molecule has 0 aromatic heterocycles. The summed E-state index contributed by atoms with van der Waals surface area (Å²) in [7, 11) is 0. The number of carbonyl (C=O) groups is 1. The van der Waals surface area contributed by atoms with Gasteiger partial charge in [-0.2, -0.15) is 0 Å². The lowest BCUT2D eigenvalue weighted by atomic mass is 10.1. The molecule has 0 radical (unpaired) electrons. The minimum atomic E-state index is -0.0899. The highest BCUT2D eigenvalue weighted by Crippen LogP contribution is 2.24. The second kappa shape index (κ2) is 7.29. The maximum atomic E-state index is 11.8. The molecule has 4 nitrogen and oxygen atoms in total. The van der Waals surface area contributed by atoms with Crippen LogP contribution in [0.3, 0.4) is 0 Å². The summed E-state index contributed by atoms with van der Waals surface area (Å²) in [5, 5.41) is 2.93. The second-order valence-corrected chi connectivity index (χ2v) is 5.65. The minimum Gasteiger partial charge on any atom is -0.483 e. The Hall–Kier alpha value is -1.55. The number of hydrogen-bond donors (Lipinski definition) is 2. The van der Waals surface area contributed by atoms with Crippen molar-refractivity contribution in [2.45, 2.75) is 47.2 Å². The average Bonchev–Trinajstić information content (AvgIpc) is 2.37. The van der Waals surface area contributed by atoms with E-state index in [-0.39, 0.29) is 18.6 Å². The first kappa shape index (κ1) is 16.5. The summed E-state index contributed by atoms with van der Waals surface area (Å²) in [6.07, 6.45) is 0.